The molecule has 2 rings (SSSR count). The molecule has 2 aliphatic carbocycles. The second kappa shape index (κ2) is 10.2. The van der Waals surface area contributed by atoms with Crippen molar-refractivity contribution in [2.24, 2.45) is 28.6 Å². The zero-order valence-electron chi connectivity index (χ0n) is 22.1. The standard InChI is InChI=1S/C26H46N2O6/c1-9-17(2)15-20(30)26(33)18(3)16-19(29)21-23(4,5)11-12-25(32,24(21,26)6)34-22(31)27-13-10-14-28(7)8/h9,17-19,21,29,32-33H,1,10-16H2,2-8H3,(H,27,31)/t17-,18+,19+,21+,24-,25+,26-/m1/s1. The third kappa shape index (κ3) is 4.92. The van der Waals surface area contributed by atoms with Crippen molar-refractivity contribution in [3.8, 4) is 0 Å². The van der Waals surface area contributed by atoms with Gasteiger partial charge in [-0.1, -0.05) is 33.8 Å². The number of carbonyl (C=O) groups is 2. The molecule has 7 atom stereocenters. The van der Waals surface area contributed by atoms with Crippen LogP contribution in [0, 0.1) is 28.6 Å². The van der Waals surface area contributed by atoms with Crippen LogP contribution in [-0.4, -0.2) is 76.8 Å². The van der Waals surface area contributed by atoms with Gasteiger partial charge in [0.15, 0.2) is 5.78 Å². The van der Waals surface area contributed by atoms with Gasteiger partial charge >= 0.3 is 6.09 Å². The number of ether oxygens (including phenoxy) is 1. The van der Waals surface area contributed by atoms with E-state index < -0.39 is 52.0 Å². The molecule has 8 nitrogen and oxygen atoms in total. The molecular weight excluding hydrogens is 436 g/mol. The van der Waals surface area contributed by atoms with Gasteiger partial charge in [0.25, 0.3) is 0 Å². The highest BCUT2D eigenvalue weighted by atomic mass is 16.7. The Kier molecular flexibility index (Phi) is 8.67. The molecule has 0 saturated heterocycles. The molecule has 0 heterocycles. The summed E-state index contributed by atoms with van der Waals surface area (Å²) >= 11 is 0. The molecule has 4 N–H and O–H groups in total. The lowest BCUT2D eigenvalue weighted by Gasteiger charge is -2.67. The molecule has 1 amide bonds. The molecule has 0 radical (unpaired) electrons. The van der Waals surface area contributed by atoms with E-state index in [4.69, 9.17) is 4.74 Å². The number of carbonyl (C=O) groups excluding carboxylic acids is 2. The first-order chi connectivity index (χ1) is 15.6. The van der Waals surface area contributed by atoms with Crippen LogP contribution in [-0.2, 0) is 9.53 Å². The summed E-state index contributed by atoms with van der Waals surface area (Å²) in [6.07, 6.45) is 1.42. The Bertz CT molecular complexity index is 770. The van der Waals surface area contributed by atoms with Crippen molar-refractivity contribution in [3.05, 3.63) is 12.7 Å². The van der Waals surface area contributed by atoms with Gasteiger partial charge in [-0.15, -0.1) is 6.58 Å². The van der Waals surface area contributed by atoms with Crippen molar-refractivity contribution in [3.63, 3.8) is 0 Å². The molecule has 196 valence electrons. The van der Waals surface area contributed by atoms with Gasteiger partial charge in [0.05, 0.1) is 11.5 Å². The summed E-state index contributed by atoms with van der Waals surface area (Å²) in [5, 5.41) is 38.0. The minimum Gasteiger partial charge on any atom is -0.416 e. The first-order valence-corrected chi connectivity index (χ1v) is 12.5. The van der Waals surface area contributed by atoms with Gasteiger partial charge in [-0.3, -0.25) is 4.79 Å². The van der Waals surface area contributed by atoms with Crippen LogP contribution in [0.3, 0.4) is 0 Å². The zero-order valence-corrected chi connectivity index (χ0v) is 22.1. The maximum absolute atomic E-state index is 13.7. The van der Waals surface area contributed by atoms with Crippen LogP contribution in [0.2, 0.25) is 0 Å². The monoisotopic (exact) mass is 482 g/mol. The van der Waals surface area contributed by atoms with E-state index in [-0.39, 0.29) is 25.2 Å². The van der Waals surface area contributed by atoms with E-state index in [1.165, 1.54) is 0 Å². The Labute approximate surface area is 204 Å². The van der Waals surface area contributed by atoms with Gasteiger partial charge in [-0.05, 0) is 64.1 Å². The number of nitrogens with one attached hydrogen (secondary N) is 1. The fourth-order valence-electron chi connectivity index (χ4n) is 6.58. The zero-order chi connectivity index (χ0) is 26.1. The number of amides is 1. The number of fused-ring (bicyclic) bond motifs is 1. The van der Waals surface area contributed by atoms with Crippen molar-refractivity contribution in [1.29, 1.82) is 0 Å². The predicted octanol–water partition coefficient (Wildman–Crippen LogP) is 2.71. The molecule has 0 unspecified atom stereocenters. The molecule has 0 aliphatic heterocycles. The summed E-state index contributed by atoms with van der Waals surface area (Å²) in [7, 11) is 3.87. The largest absolute Gasteiger partial charge is 0.416 e. The van der Waals surface area contributed by atoms with E-state index >= 15 is 0 Å². The lowest BCUT2D eigenvalue weighted by atomic mass is 9.41. The van der Waals surface area contributed by atoms with Gasteiger partial charge in [0, 0.05) is 25.3 Å². The average Bonchev–Trinajstić information content (AvgIpc) is 2.72. The molecule has 2 fully saturated rings. The smallest absolute Gasteiger partial charge is 0.409 e. The maximum Gasteiger partial charge on any atom is 0.409 e. The summed E-state index contributed by atoms with van der Waals surface area (Å²) in [5.74, 6) is -4.08. The first-order valence-electron chi connectivity index (χ1n) is 12.5. The van der Waals surface area contributed by atoms with Crippen LogP contribution in [0.1, 0.15) is 66.7 Å². The number of nitrogens with zero attached hydrogens (tertiary/aromatic N) is 1. The van der Waals surface area contributed by atoms with Crippen molar-refractivity contribution in [2.75, 3.05) is 27.2 Å². The fourth-order valence-corrected chi connectivity index (χ4v) is 6.58. The van der Waals surface area contributed by atoms with E-state index in [0.29, 0.717) is 19.4 Å². The second-order valence-corrected chi connectivity index (χ2v) is 11.7. The van der Waals surface area contributed by atoms with Gasteiger partial charge in [0.1, 0.15) is 5.60 Å². The number of aliphatic hydroxyl groups excluding tert-OH is 1. The lowest BCUT2D eigenvalue weighted by molar-refractivity contribution is -0.361. The maximum atomic E-state index is 13.7. The molecule has 0 aromatic rings. The van der Waals surface area contributed by atoms with Gasteiger partial charge in [-0.25, -0.2) is 4.79 Å². The number of alkyl carbamates (subject to hydrolysis) is 1. The predicted molar refractivity (Wildman–Crippen MR) is 131 cm³/mol. The van der Waals surface area contributed by atoms with E-state index in [2.05, 4.69) is 11.9 Å². The molecule has 2 aliphatic rings. The Balaban J connectivity index is 2.49. The van der Waals surface area contributed by atoms with Crippen LogP contribution in [0.25, 0.3) is 0 Å². The van der Waals surface area contributed by atoms with Crippen LogP contribution >= 0.6 is 0 Å². The average molecular weight is 483 g/mol. The van der Waals surface area contributed by atoms with Crippen molar-refractivity contribution < 1.29 is 29.6 Å². The summed E-state index contributed by atoms with van der Waals surface area (Å²) in [5.41, 5.74) is -4.14. The summed E-state index contributed by atoms with van der Waals surface area (Å²) < 4.78 is 5.67. The summed E-state index contributed by atoms with van der Waals surface area (Å²) in [4.78, 5) is 28.4. The Morgan fingerprint density at radius 2 is 1.85 bits per heavy atom. The fraction of sp³-hybridized carbons (Fsp3) is 0.846. The van der Waals surface area contributed by atoms with E-state index in [0.717, 1.165) is 6.54 Å². The number of aliphatic hydroxyl groups is 3. The molecule has 0 aromatic heterocycles. The second-order valence-electron chi connectivity index (χ2n) is 11.7. The quantitative estimate of drug-likeness (QED) is 0.227. The highest BCUT2D eigenvalue weighted by Crippen LogP contribution is 2.66. The van der Waals surface area contributed by atoms with Crippen molar-refractivity contribution in [2.45, 2.75) is 84.2 Å². The van der Waals surface area contributed by atoms with Gasteiger partial charge in [0.2, 0.25) is 5.79 Å². The third-order valence-corrected chi connectivity index (χ3v) is 8.52. The van der Waals surface area contributed by atoms with Gasteiger partial charge < -0.3 is 30.3 Å². The molecule has 0 spiro atoms. The highest BCUT2D eigenvalue weighted by molar-refractivity contribution is 5.89. The minimum atomic E-state index is -2.14. The van der Waals surface area contributed by atoms with Gasteiger partial charge in [-0.2, -0.15) is 0 Å². The SMILES string of the molecule is C=C[C@@H](C)CC(=O)[C@]1(O)[C@@H](C)C[C@H](O)[C@H]2C(C)(C)CC[C@](O)(OC(=O)NCCCN(C)C)[C@@]21C. The summed E-state index contributed by atoms with van der Waals surface area (Å²) in [6.45, 7) is 14.0. The first kappa shape index (κ1) is 28.8. The molecule has 8 heteroatoms. The molecule has 0 aromatic carbocycles. The number of allylic oxidation sites excluding steroid dienone is 1. The van der Waals surface area contributed by atoms with Crippen molar-refractivity contribution in [1.82, 2.24) is 10.2 Å². The summed E-state index contributed by atoms with van der Waals surface area (Å²) in [6, 6.07) is 0. The Morgan fingerprint density at radius 3 is 2.41 bits per heavy atom. The van der Waals surface area contributed by atoms with Crippen LogP contribution < -0.4 is 5.32 Å². The number of ketones is 1. The number of Topliss-reactive ketones (excluding diaryl/α,β-unsaturated/α-hetero) is 1. The normalized spacial score (nSPS) is 38.0. The Hall–Kier alpha value is -1.48. The van der Waals surface area contributed by atoms with Crippen LogP contribution in [0.15, 0.2) is 12.7 Å². The third-order valence-electron chi connectivity index (χ3n) is 8.52. The van der Waals surface area contributed by atoms with Crippen molar-refractivity contribution >= 4 is 11.9 Å². The lowest BCUT2D eigenvalue weighted by Crippen LogP contribution is -2.78. The number of hydrogen-bond acceptors (Lipinski definition) is 7. The molecule has 2 saturated carbocycles. The topological polar surface area (TPSA) is 119 Å². The van der Waals surface area contributed by atoms with Crippen LogP contribution in [0.4, 0.5) is 4.79 Å². The van der Waals surface area contributed by atoms with E-state index in [1.54, 1.807) is 19.9 Å². The van der Waals surface area contributed by atoms with E-state index in [9.17, 15) is 24.9 Å². The number of hydrogen-bond donors (Lipinski definition) is 4. The Morgan fingerprint density at radius 1 is 1.24 bits per heavy atom. The molecular formula is C26H46N2O6. The highest BCUT2D eigenvalue weighted by Gasteiger charge is 2.76. The van der Waals surface area contributed by atoms with E-state index in [1.807, 2.05) is 39.8 Å². The molecule has 0 bridgehead atoms. The molecule has 34 heavy (non-hydrogen) atoms. The minimum absolute atomic E-state index is 0.0377. The van der Waals surface area contributed by atoms with Crippen LogP contribution in [0.5, 0.6) is 0 Å². The number of rotatable bonds is 9.